The van der Waals surface area contributed by atoms with Crippen molar-refractivity contribution in [3.63, 3.8) is 0 Å². The van der Waals surface area contributed by atoms with E-state index in [1.165, 1.54) is 11.1 Å². The van der Waals surface area contributed by atoms with Gasteiger partial charge in [0.2, 0.25) is 0 Å². The Morgan fingerprint density at radius 2 is 1.89 bits per heavy atom. The van der Waals surface area contributed by atoms with Crippen LogP contribution < -0.4 is 0 Å². The predicted molar refractivity (Wildman–Crippen MR) is 114 cm³/mol. The van der Waals surface area contributed by atoms with Gasteiger partial charge in [0.05, 0.1) is 25.3 Å². The summed E-state index contributed by atoms with van der Waals surface area (Å²) in [6.07, 6.45) is 13.7. The van der Waals surface area contributed by atoms with Crippen LogP contribution in [0.2, 0.25) is 6.32 Å². The standard InChI is InChI=1S/C24H23BN2/c1-18-9-8-14-22(26-18)24(19-10-4-2-5-11-19,20-12-6-3-7-13-20)23-16-15-21(17-25)27-23/h2,4-6,8-16,21H,3,7,17H2,1H3. The zero-order valence-corrected chi connectivity index (χ0v) is 15.7. The van der Waals surface area contributed by atoms with Gasteiger partial charge in [0.25, 0.3) is 0 Å². The molecule has 3 heteroatoms. The van der Waals surface area contributed by atoms with E-state index in [9.17, 15) is 0 Å². The smallest absolute Gasteiger partial charge is 0.104 e. The lowest BCUT2D eigenvalue weighted by atomic mass is 9.66. The molecule has 0 spiro atoms. The number of hydrogen-bond acceptors (Lipinski definition) is 2. The topological polar surface area (TPSA) is 25.2 Å². The van der Waals surface area contributed by atoms with E-state index in [4.69, 9.17) is 17.8 Å². The lowest BCUT2D eigenvalue weighted by Gasteiger charge is -2.36. The largest absolute Gasteiger partial charge is 0.281 e. The maximum atomic E-state index is 5.92. The summed E-state index contributed by atoms with van der Waals surface area (Å²) in [4.78, 5) is 9.97. The van der Waals surface area contributed by atoms with E-state index >= 15 is 0 Å². The van der Waals surface area contributed by atoms with Crippen molar-refractivity contribution in [3.8, 4) is 0 Å². The van der Waals surface area contributed by atoms with E-state index in [1.807, 2.05) is 13.0 Å². The highest BCUT2D eigenvalue weighted by molar-refractivity contribution is 6.12. The SMILES string of the molecule is [B]CC1C=CC(C(C2=CCCC=C2)(c2ccccc2)c2cccc(C)n2)=N1. The van der Waals surface area contributed by atoms with Gasteiger partial charge in [0.1, 0.15) is 5.41 Å². The van der Waals surface area contributed by atoms with Crippen molar-refractivity contribution in [2.75, 3.05) is 0 Å². The Balaban J connectivity index is 2.05. The first-order valence-electron chi connectivity index (χ1n) is 9.58. The van der Waals surface area contributed by atoms with Crippen molar-refractivity contribution in [3.05, 3.63) is 101 Å². The summed E-state index contributed by atoms with van der Waals surface area (Å²) in [5.74, 6) is 0. The molecule has 2 aromatic rings. The van der Waals surface area contributed by atoms with Gasteiger partial charge in [-0.15, -0.1) is 0 Å². The van der Waals surface area contributed by atoms with E-state index in [1.54, 1.807) is 0 Å². The van der Waals surface area contributed by atoms with Crippen LogP contribution in [0.1, 0.15) is 29.8 Å². The summed E-state index contributed by atoms with van der Waals surface area (Å²) in [6.45, 7) is 2.04. The molecule has 0 saturated heterocycles. The van der Waals surface area contributed by atoms with Gasteiger partial charge in [-0.1, -0.05) is 67.0 Å². The lowest BCUT2D eigenvalue weighted by Crippen LogP contribution is -2.39. The lowest BCUT2D eigenvalue weighted by molar-refractivity contribution is 0.763. The van der Waals surface area contributed by atoms with Gasteiger partial charge in [-0.05, 0) is 49.1 Å². The number of aliphatic imine (C=N–C) groups is 1. The molecule has 0 bridgehead atoms. The minimum Gasteiger partial charge on any atom is -0.281 e. The van der Waals surface area contributed by atoms with Crippen LogP contribution in [-0.4, -0.2) is 24.6 Å². The van der Waals surface area contributed by atoms with Gasteiger partial charge in [-0.25, -0.2) is 0 Å². The number of rotatable bonds is 5. The predicted octanol–water partition coefficient (Wildman–Crippen LogP) is 4.92. The van der Waals surface area contributed by atoms with E-state index < -0.39 is 5.41 Å². The summed E-state index contributed by atoms with van der Waals surface area (Å²) in [6, 6.07) is 16.9. The van der Waals surface area contributed by atoms with E-state index in [0.717, 1.165) is 29.9 Å². The van der Waals surface area contributed by atoms with Crippen LogP contribution in [0.25, 0.3) is 0 Å². The Morgan fingerprint density at radius 1 is 1.04 bits per heavy atom. The first-order valence-corrected chi connectivity index (χ1v) is 9.58. The van der Waals surface area contributed by atoms with Gasteiger partial charge < -0.3 is 0 Å². The molecule has 2 radical (unpaired) electrons. The molecule has 4 rings (SSSR count). The van der Waals surface area contributed by atoms with Gasteiger partial charge in [-0.3, -0.25) is 9.98 Å². The van der Waals surface area contributed by atoms with E-state index in [0.29, 0.717) is 6.32 Å². The molecule has 0 saturated carbocycles. The van der Waals surface area contributed by atoms with Crippen molar-refractivity contribution < 1.29 is 0 Å². The van der Waals surface area contributed by atoms with Crippen molar-refractivity contribution >= 4 is 13.6 Å². The Hall–Kier alpha value is -2.68. The fourth-order valence-electron chi connectivity index (χ4n) is 4.04. The molecular formula is C24H23BN2. The van der Waals surface area contributed by atoms with Crippen LogP contribution >= 0.6 is 0 Å². The molecule has 0 amide bonds. The average Bonchev–Trinajstić information content (AvgIpc) is 3.20. The third-order valence-corrected chi connectivity index (χ3v) is 5.31. The maximum Gasteiger partial charge on any atom is 0.104 e. The molecule has 27 heavy (non-hydrogen) atoms. The number of hydrogen-bond donors (Lipinski definition) is 0. The third-order valence-electron chi connectivity index (χ3n) is 5.31. The Labute approximate surface area is 162 Å². The Kier molecular flexibility index (Phi) is 4.93. The molecule has 2 nitrogen and oxygen atoms in total. The molecule has 2 unspecified atom stereocenters. The maximum absolute atomic E-state index is 5.92. The molecule has 2 aliphatic rings. The minimum atomic E-state index is -0.523. The molecule has 132 valence electrons. The zero-order chi connectivity index (χ0) is 18.7. The third kappa shape index (κ3) is 3.12. The second kappa shape index (κ2) is 7.52. The molecule has 2 atom stereocenters. The number of nitrogens with zero attached hydrogens (tertiary/aromatic N) is 2. The van der Waals surface area contributed by atoms with Gasteiger partial charge in [0.15, 0.2) is 0 Å². The fraction of sp³-hybridized carbons (Fsp3) is 0.250. The Morgan fingerprint density at radius 3 is 2.56 bits per heavy atom. The quantitative estimate of drug-likeness (QED) is 0.703. The summed E-state index contributed by atoms with van der Waals surface area (Å²) < 4.78 is 0. The zero-order valence-electron chi connectivity index (χ0n) is 15.7. The Bertz CT molecular complexity index is 940. The molecule has 1 aromatic heterocycles. The summed E-state index contributed by atoms with van der Waals surface area (Å²) >= 11 is 0. The molecule has 0 fully saturated rings. The first-order chi connectivity index (χ1) is 13.2. The molecule has 2 heterocycles. The molecule has 1 aliphatic carbocycles. The number of pyridine rings is 1. The first kappa shape index (κ1) is 17.7. The van der Waals surface area contributed by atoms with Crippen LogP contribution in [0.15, 0.2) is 89.5 Å². The summed E-state index contributed by atoms with van der Waals surface area (Å²) in [5, 5.41) is 0. The number of allylic oxidation sites excluding steroid dienone is 5. The van der Waals surface area contributed by atoms with Gasteiger partial charge in [0, 0.05) is 5.69 Å². The molecular weight excluding hydrogens is 327 g/mol. The molecule has 1 aromatic carbocycles. The van der Waals surface area contributed by atoms with Crippen molar-refractivity contribution in [1.82, 2.24) is 4.98 Å². The fourth-order valence-corrected chi connectivity index (χ4v) is 4.04. The van der Waals surface area contributed by atoms with Crippen LogP contribution in [-0.2, 0) is 5.41 Å². The highest BCUT2D eigenvalue weighted by atomic mass is 14.9. The van der Waals surface area contributed by atoms with Crippen molar-refractivity contribution in [2.24, 2.45) is 4.99 Å². The van der Waals surface area contributed by atoms with E-state index in [-0.39, 0.29) is 6.04 Å². The average molecular weight is 350 g/mol. The number of aryl methyl sites for hydroxylation is 1. The molecule has 0 N–H and O–H groups in total. The van der Waals surface area contributed by atoms with Crippen molar-refractivity contribution in [1.29, 1.82) is 0 Å². The van der Waals surface area contributed by atoms with Gasteiger partial charge in [-0.2, -0.15) is 0 Å². The monoisotopic (exact) mass is 350 g/mol. The number of benzene rings is 1. The second-order valence-electron chi connectivity index (χ2n) is 7.10. The minimum absolute atomic E-state index is 0.0288. The van der Waals surface area contributed by atoms with E-state index in [2.05, 4.69) is 72.8 Å². The van der Waals surface area contributed by atoms with Crippen molar-refractivity contribution in [2.45, 2.75) is 37.5 Å². The van der Waals surface area contributed by atoms with Crippen LogP contribution in [0.4, 0.5) is 0 Å². The van der Waals surface area contributed by atoms with Crippen LogP contribution in [0, 0.1) is 6.92 Å². The number of aromatic nitrogens is 1. The second-order valence-corrected chi connectivity index (χ2v) is 7.10. The highest BCUT2D eigenvalue weighted by Crippen LogP contribution is 2.43. The summed E-state index contributed by atoms with van der Waals surface area (Å²) in [7, 11) is 5.92. The van der Waals surface area contributed by atoms with Crippen LogP contribution in [0.3, 0.4) is 0 Å². The normalized spacial score (nSPS) is 20.9. The summed E-state index contributed by atoms with van der Waals surface area (Å²) in [5.41, 5.74) is 4.92. The molecule has 1 aliphatic heterocycles. The van der Waals surface area contributed by atoms with Crippen LogP contribution in [0.5, 0.6) is 0 Å². The van der Waals surface area contributed by atoms with Gasteiger partial charge >= 0.3 is 0 Å². The highest BCUT2D eigenvalue weighted by Gasteiger charge is 2.44.